The van der Waals surface area contributed by atoms with Crippen LogP contribution in [0.1, 0.15) is 25.5 Å². The Bertz CT molecular complexity index is 955. The van der Waals surface area contributed by atoms with E-state index in [9.17, 15) is 4.79 Å². The molecule has 1 aromatic carbocycles. The van der Waals surface area contributed by atoms with Crippen LogP contribution in [0.25, 0.3) is 10.9 Å². The lowest BCUT2D eigenvalue weighted by Crippen LogP contribution is -2.48. The summed E-state index contributed by atoms with van der Waals surface area (Å²) in [6, 6.07) is 10.1. The third-order valence-corrected chi connectivity index (χ3v) is 5.06. The monoisotopic (exact) mass is 379 g/mol. The maximum absolute atomic E-state index is 11.7. The molecule has 1 aliphatic rings. The highest BCUT2D eigenvalue weighted by Crippen LogP contribution is 2.32. The van der Waals surface area contributed by atoms with E-state index in [0.29, 0.717) is 31.5 Å². The predicted molar refractivity (Wildman–Crippen MR) is 108 cm³/mol. The van der Waals surface area contributed by atoms with Gasteiger partial charge in [-0.15, -0.1) is 0 Å². The number of amides is 1. The van der Waals surface area contributed by atoms with Gasteiger partial charge < -0.3 is 19.5 Å². The Morgan fingerprint density at radius 3 is 3.00 bits per heavy atom. The molecule has 2 aromatic heterocycles. The van der Waals surface area contributed by atoms with Gasteiger partial charge in [0.2, 0.25) is 12.3 Å². The standard InChI is InChI=1S/C21H25N5O2/c1-15(2)12-28-21-10-20(23-13-24-21)25-8-9-26(14-27)19(11-25)17-4-3-5-18-16(17)6-7-22-18/h3-7,10,13-15,19,22H,8-9,11-12H2,1-2H3. The van der Waals surface area contributed by atoms with E-state index in [1.807, 2.05) is 29.3 Å². The zero-order valence-electron chi connectivity index (χ0n) is 16.2. The van der Waals surface area contributed by atoms with Crippen LogP contribution in [0, 0.1) is 5.92 Å². The molecule has 3 heterocycles. The largest absolute Gasteiger partial charge is 0.477 e. The Balaban J connectivity index is 1.60. The molecule has 0 radical (unpaired) electrons. The van der Waals surface area contributed by atoms with Gasteiger partial charge in [0.15, 0.2) is 0 Å². The van der Waals surface area contributed by atoms with Gasteiger partial charge in [0, 0.05) is 42.8 Å². The van der Waals surface area contributed by atoms with Crippen molar-refractivity contribution in [3.8, 4) is 5.88 Å². The lowest BCUT2D eigenvalue weighted by Gasteiger charge is -2.40. The molecule has 0 bridgehead atoms. The van der Waals surface area contributed by atoms with Gasteiger partial charge >= 0.3 is 0 Å². The van der Waals surface area contributed by atoms with E-state index in [0.717, 1.165) is 35.2 Å². The molecule has 0 saturated carbocycles. The van der Waals surface area contributed by atoms with Crippen molar-refractivity contribution < 1.29 is 9.53 Å². The Morgan fingerprint density at radius 2 is 2.18 bits per heavy atom. The van der Waals surface area contributed by atoms with Gasteiger partial charge in [-0.05, 0) is 23.6 Å². The SMILES string of the molecule is CC(C)COc1cc(N2CCN(C=O)C(c3cccc4[nH]ccc34)C2)ncn1. The molecule has 1 N–H and O–H groups in total. The smallest absolute Gasteiger partial charge is 0.218 e. The number of H-pyrrole nitrogens is 1. The quantitative estimate of drug-likeness (QED) is 0.667. The number of ether oxygens (including phenoxy) is 1. The number of aromatic amines is 1. The Labute approximate surface area is 164 Å². The second-order valence-electron chi connectivity index (χ2n) is 7.51. The summed E-state index contributed by atoms with van der Waals surface area (Å²) >= 11 is 0. The van der Waals surface area contributed by atoms with Gasteiger partial charge in [-0.25, -0.2) is 9.97 Å². The summed E-state index contributed by atoms with van der Waals surface area (Å²) in [6.07, 6.45) is 4.42. The Hall–Kier alpha value is -3.09. The van der Waals surface area contributed by atoms with E-state index in [1.165, 1.54) is 0 Å². The van der Waals surface area contributed by atoms with Crippen molar-refractivity contribution in [1.82, 2.24) is 19.9 Å². The summed E-state index contributed by atoms with van der Waals surface area (Å²) in [5.41, 5.74) is 2.22. The number of anilines is 1. The van der Waals surface area contributed by atoms with Crippen LogP contribution in [0.2, 0.25) is 0 Å². The van der Waals surface area contributed by atoms with Crippen LogP contribution in [-0.2, 0) is 4.79 Å². The molecule has 0 aliphatic carbocycles. The van der Waals surface area contributed by atoms with Gasteiger partial charge in [-0.1, -0.05) is 26.0 Å². The van der Waals surface area contributed by atoms with E-state index in [-0.39, 0.29) is 6.04 Å². The zero-order chi connectivity index (χ0) is 19.5. The van der Waals surface area contributed by atoms with E-state index < -0.39 is 0 Å². The number of aromatic nitrogens is 3. The summed E-state index contributed by atoms with van der Waals surface area (Å²) in [5, 5.41) is 1.14. The minimum Gasteiger partial charge on any atom is -0.477 e. The minimum absolute atomic E-state index is 0.0410. The third-order valence-electron chi connectivity index (χ3n) is 5.06. The molecule has 7 heteroatoms. The molecule has 1 saturated heterocycles. The second-order valence-corrected chi connectivity index (χ2v) is 7.51. The number of rotatable bonds is 6. The topological polar surface area (TPSA) is 74.3 Å². The van der Waals surface area contributed by atoms with Crippen molar-refractivity contribution >= 4 is 23.1 Å². The summed E-state index contributed by atoms with van der Waals surface area (Å²) in [7, 11) is 0. The van der Waals surface area contributed by atoms with Crippen molar-refractivity contribution in [1.29, 1.82) is 0 Å². The molecule has 0 spiro atoms. The van der Waals surface area contributed by atoms with Crippen LogP contribution in [0.5, 0.6) is 5.88 Å². The predicted octanol–water partition coefficient (Wildman–Crippen LogP) is 3.01. The summed E-state index contributed by atoms with van der Waals surface area (Å²) < 4.78 is 5.75. The second kappa shape index (κ2) is 7.88. The number of piperazine rings is 1. The average molecular weight is 379 g/mol. The first-order valence-corrected chi connectivity index (χ1v) is 9.62. The molecule has 4 rings (SSSR count). The first-order valence-electron chi connectivity index (χ1n) is 9.62. The van der Waals surface area contributed by atoms with Crippen LogP contribution in [-0.4, -0.2) is 52.5 Å². The highest BCUT2D eigenvalue weighted by molar-refractivity contribution is 5.83. The third kappa shape index (κ3) is 3.65. The molecule has 1 fully saturated rings. The normalized spacial score (nSPS) is 17.3. The van der Waals surface area contributed by atoms with Crippen molar-refractivity contribution in [2.24, 2.45) is 5.92 Å². The highest BCUT2D eigenvalue weighted by Gasteiger charge is 2.29. The first-order chi connectivity index (χ1) is 13.7. The van der Waals surface area contributed by atoms with E-state index in [2.05, 4.69) is 45.8 Å². The fourth-order valence-corrected chi connectivity index (χ4v) is 3.64. The van der Waals surface area contributed by atoms with Crippen LogP contribution in [0.15, 0.2) is 42.9 Å². The molecule has 1 atom stereocenters. The maximum Gasteiger partial charge on any atom is 0.218 e. The Morgan fingerprint density at radius 1 is 1.29 bits per heavy atom. The summed E-state index contributed by atoms with van der Waals surface area (Å²) in [6.45, 7) is 6.86. The number of hydrogen-bond donors (Lipinski definition) is 1. The highest BCUT2D eigenvalue weighted by atomic mass is 16.5. The van der Waals surface area contributed by atoms with E-state index >= 15 is 0 Å². The van der Waals surface area contributed by atoms with Gasteiger partial charge in [-0.3, -0.25) is 4.79 Å². The van der Waals surface area contributed by atoms with Crippen molar-refractivity contribution in [3.63, 3.8) is 0 Å². The number of nitrogens with zero attached hydrogens (tertiary/aromatic N) is 4. The molecule has 1 aliphatic heterocycles. The molecule has 28 heavy (non-hydrogen) atoms. The van der Waals surface area contributed by atoms with E-state index in [4.69, 9.17) is 4.74 Å². The molecule has 146 valence electrons. The molecular formula is C21H25N5O2. The van der Waals surface area contributed by atoms with Crippen LogP contribution >= 0.6 is 0 Å². The van der Waals surface area contributed by atoms with Gasteiger partial charge in [0.05, 0.1) is 12.6 Å². The van der Waals surface area contributed by atoms with Gasteiger partial charge in [0.1, 0.15) is 12.1 Å². The van der Waals surface area contributed by atoms with Crippen LogP contribution in [0.3, 0.4) is 0 Å². The molecule has 7 nitrogen and oxygen atoms in total. The molecule has 3 aromatic rings. The number of carbonyl (C=O) groups is 1. The fourth-order valence-electron chi connectivity index (χ4n) is 3.64. The maximum atomic E-state index is 11.7. The van der Waals surface area contributed by atoms with Gasteiger partial charge in [0.25, 0.3) is 0 Å². The van der Waals surface area contributed by atoms with Gasteiger partial charge in [-0.2, -0.15) is 0 Å². The number of nitrogens with one attached hydrogen (secondary N) is 1. The average Bonchev–Trinajstić information content (AvgIpc) is 3.21. The zero-order valence-corrected chi connectivity index (χ0v) is 16.2. The van der Waals surface area contributed by atoms with E-state index in [1.54, 1.807) is 6.33 Å². The van der Waals surface area contributed by atoms with Crippen LogP contribution < -0.4 is 9.64 Å². The van der Waals surface area contributed by atoms with Crippen molar-refractivity contribution in [3.05, 3.63) is 48.4 Å². The lowest BCUT2D eigenvalue weighted by molar-refractivity contribution is -0.120. The lowest BCUT2D eigenvalue weighted by atomic mass is 9.99. The first kappa shape index (κ1) is 18.3. The fraction of sp³-hybridized carbons (Fsp3) is 0.381. The Kier molecular flexibility index (Phi) is 5.14. The number of benzene rings is 1. The van der Waals surface area contributed by atoms with Crippen LogP contribution in [0.4, 0.5) is 5.82 Å². The van der Waals surface area contributed by atoms with Crippen molar-refractivity contribution in [2.45, 2.75) is 19.9 Å². The number of carbonyl (C=O) groups excluding carboxylic acids is 1. The summed E-state index contributed by atoms with van der Waals surface area (Å²) in [5.74, 6) is 1.84. The molecule has 1 amide bonds. The molecular weight excluding hydrogens is 354 g/mol. The van der Waals surface area contributed by atoms with Crippen molar-refractivity contribution in [2.75, 3.05) is 31.1 Å². The number of hydrogen-bond acceptors (Lipinski definition) is 5. The summed E-state index contributed by atoms with van der Waals surface area (Å²) in [4.78, 5) is 27.7. The number of fused-ring (bicyclic) bond motifs is 1. The minimum atomic E-state index is -0.0410. The molecule has 1 unspecified atom stereocenters.